The number of ether oxygens (including phenoxy) is 3. The Balaban J connectivity index is 1.24. The maximum Gasteiger partial charge on any atom is 0.346 e. The average Bonchev–Trinajstić information content (AvgIpc) is 3.72. The van der Waals surface area contributed by atoms with Crippen LogP contribution in [0.1, 0.15) is 103 Å². The number of aliphatic carboxylic acids is 1. The number of aliphatic hydroxyl groups excluding tert-OH is 2. The minimum atomic E-state index is -1.74. The molecule has 13 atom stereocenters. The molecule has 0 unspecified atom stereocenters. The van der Waals surface area contributed by atoms with E-state index in [2.05, 4.69) is 41.5 Å². The summed E-state index contributed by atoms with van der Waals surface area (Å²) in [5, 5.41) is 37.5. The predicted molar refractivity (Wildman–Crippen MR) is 215 cm³/mol. The number of rotatable bonds is 7. The summed E-state index contributed by atoms with van der Waals surface area (Å²) >= 11 is 6.15. The first-order chi connectivity index (χ1) is 27.5. The van der Waals surface area contributed by atoms with E-state index < -0.39 is 76.6 Å². The van der Waals surface area contributed by atoms with Gasteiger partial charge in [-0.15, -0.1) is 0 Å². The number of fused-ring (bicyclic) bond motifs is 4. The van der Waals surface area contributed by atoms with Gasteiger partial charge in [0.2, 0.25) is 5.78 Å². The molecule has 3 fully saturated rings. The van der Waals surface area contributed by atoms with Crippen LogP contribution in [0.15, 0.2) is 71.2 Å². The number of allylic oxidation sites excluding steroid dienone is 5. The maximum absolute atomic E-state index is 15.1. The number of aromatic amines is 1. The van der Waals surface area contributed by atoms with Gasteiger partial charge < -0.3 is 39.8 Å². The van der Waals surface area contributed by atoms with Crippen LogP contribution in [0.25, 0.3) is 0 Å². The fraction of sp³-hybridized carbons (Fsp3) is 0.600. The Hall–Kier alpha value is -3.97. The molecule has 2 saturated heterocycles. The van der Waals surface area contributed by atoms with Gasteiger partial charge in [0.25, 0.3) is 5.91 Å². The molecule has 1 aromatic heterocycles. The van der Waals surface area contributed by atoms with Crippen molar-refractivity contribution < 1.29 is 48.7 Å². The van der Waals surface area contributed by atoms with E-state index >= 15 is 4.79 Å². The number of halogens is 1. The van der Waals surface area contributed by atoms with E-state index in [1.54, 1.807) is 32.2 Å². The number of carbonyl (C=O) groups excluding carboxylic acids is 3. The number of hydrogen-bond donors (Lipinski definition) is 5. The number of esters is 1. The summed E-state index contributed by atoms with van der Waals surface area (Å²) in [7, 11) is 0. The van der Waals surface area contributed by atoms with Gasteiger partial charge in [0.15, 0.2) is 11.9 Å². The zero-order valence-electron chi connectivity index (χ0n) is 34.1. The number of carboxylic acid groups (broad SMARTS) is 1. The van der Waals surface area contributed by atoms with Crippen LogP contribution in [0.3, 0.4) is 0 Å². The molecule has 314 valence electrons. The molecular formula is C45H57ClN2O10. The molecule has 1 amide bonds. The number of amides is 1. The molecule has 3 heterocycles. The van der Waals surface area contributed by atoms with E-state index in [-0.39, 0.29) is 64.1 Å². The molecule has 13 heteroatoms. The predicted octanol–water partition coefficient (Wildman–Crippen LogP) is 7.31. The number of ketones is 1. The van der Waals surface area contributed by atoms with Gasteiger partial charge in [-0.3, -0.25) is 9.59 Å². The van der Waals surface area contributed by atoms with Gasteiger partial charge in [0.1, 0.15) is 17.0 Å². The summed E-state index contributed by atoms with van der Waals surface area (Å²) < 4.78 is 19.4. The SMILES string of the molecule is CC[C@H]1C[C@]23OC(=O)C(=C(O)[C@@]4(CC)[C@@H]5CC[C@H](C)[C@H](O[C@H]6C[C@@H](O)[C@H](NC(=O)c7[nH]ccc7Cl)[C@@H](C)O6)[C@H]5C=C[C@H]4C/C=C/C/C(C)=C/[C@@]2(C)C=C1C(=O)O)C3=O. The van der Waals surface area contributed by atoms with Crippen molar-refractivity contribution >= 4 is 35.2 Å². The highest BCUT2D eigenvalue weighted by Crippen LogP contribution is 2.61. The number of hydrogen-bond acceptors (Lipinski definition) is 9. The molecule has 0 aromatic carbocycles. The van der Waals surface area contributed by atoms with Crippen LogP contribution in [0.4, 0.5) is 0 Å². The molecule has 2 bridgehead atoms. The molecule has 7 rings (SSSR count). The van der Waals surface area contributed by atoms with Crippen LogP contribution >= 0.6 is 11.6 Å². The van der Waals surface area contributed by atoms with E-state index in [1.165, 1.54) is 0 Å². The number of carboxylic acids is 1. The van der Waals surface area contributed by atoms with Crippen LogP contribution < -0.4 is 5.32 Å². The first-order valence-electron chi connectivity index (χ1n) is 20.8. The van der Waals surface area contributed by atoms with Gasteiger partial charge in [-0.25, -0.2) is 9.59 Å². The van der Waals surface area contributed by atoms with Crippen molar-refractivity contribution in [1.82, 2.24) is 10.3 Å². The fourth-order valence-electron chi connectivity index (χ4n) is 11.3. The quantitative estimate of drug-likeness (QED) is 0.106. The van der Waals surface area contributed by atoms with Gasteiger partial charge in [0, 0.05) is 35.9 Å². The third kappa shape index (κ3) is 6.81. The van der Waals surface area contributed by atoms with Crippen molar-refractivity contribution in [3.05, 3.63) is 81.9 Å². The lowest BCUT2D eigenvalue weighted by Crippen LogP contribution is -2.58. The highest BCUT2D eigenvalue weighted by atomic mass is 35.5. The summed E-state index contributed by atoms with van der Waals surface area (Å²) in [6, 6.07) is 0.863. The van der Waals surface area contributed by atoms with E-state index in [9.17, 15) is 29.7 Å². The van der Waals surface area contributed by atoms with Gasteiger partial charge in [-0.05, 0) is 89.0 Å². The number of aromatic nitrogens is 1. The van der Waals surface area contributed by atoms with Crippen LogP contribution in [0.5, 0.6) is 0 Å². The van der Waals surface area contributed by atoms with E-state index in [1.807, 2.05) is 26.8 Å². The van der Waals surface area contributed by atoms with Crippen LogP contribution in [0, 0.1) is 40.4 Å². The summed E-state index contributed by atoms with van der Waals surface area (Å²) in [6.07, 6.45) is 14.1. The lowest BCUT2D eigenvalue weighted by Gasteiger charge is -2.55. The summed E-state index contributed by atoms with van der Waals surface area (Å²) in [6.45, 7) is 11.4. The molecule has 4 aliphatic carbocycles. The number of aliphatic hydroxyl groups is 2. The van der Waals surface area contributed by atoms with Crippen LogP contribution in [-0.4, -0.2) is 80.2 Å². The lowest BCUT2D eigenvalue weighted by molar-refractivity contribution is -0.258. The van der Waals surface area contributed by atoms with E-state index in [4.69, 9.17) is 25.8 Å². The molecule has 58 heavy (non-hydrogen) atoms. The summed E-state index contributed by atoms with van der Waals surface area (Å²) in [5.74, 6) is -4.56. The first-order valence-corrected chi connectivity index (χ1v) is 21.2. The first kappa shape index (κ1) is 42.2. The Bertz CT molecular complexity index is 1990. The number of Topliss-reactive ketones (excluding diaryl/α,β-unsaturated/α-hetero) is 1. The van der Waals surface area contributed by atoms with Gasteiger partial charge >= 0.3 is 11.9 Å². The maximum atomic E-state index is 15.1. The van der Waals surface area contributed by atoms with Crippen LogP contribution in [-0.2, 0) is 28.6 Å². The minimum absolute atomic E-state index is 0.0169. The zero-order chi connectivity index (χ0) is 41.9. The molecule has 0 radical (unpaired) electrons. The highest BCUT2D eigenvalue weighted by Gasteiger charge is 2.67. The number of carbonyl (C=O) groups is 4. The van der Waals surface area contributed by atoms with Crippen molar-refractivity contribution in [2.45, 2.75) is 129 Å². The van der Waals surface area contributed by atoms with Crippen molar-refractivity contribution in [3.63, 3.8) is 0 Å². The summed E-state index contributed by atoms with van der Waals surface area (Å²) in [5.41, 5.74) is -3.16. The van der Waals surface area contributed by atoms with Gasteiger partial charge in [-0.2, -0.15) is 0 Å². The van der Waals surface area contributed by atoms with Crippen molar-refractivity contribution in [2.75, 3.05) is 0 Å². The molecule has 2 aliphatic heterocycles. The largest absolute Gasteiger partial charge is 0.511 e. The molecule has 1 aromatic rings. The standard InChI is InChI=1S/C45H57ClN2O10/c1-7-26-21-45-39(51)34(42(55)58-45)38(50)44(8-2)27(12-10-9-11-23(3)20-43(45,6)22-29(26)41(53)54)14-15-28-30(44)16-13-24(4)37(28)57-33-19-32(49)35(25(5)56-33)48-40(52)36-31(46)17-18-47-36/h9-10,14-15,17-18,20,22,24-28,30,32-33,35,37,47,49-50H,7-8,11-13,16,19,21H2,1-6H3,(H,48,52)(H,53,54)/b10-9+,23-20+,38-34?/t24-,25+,26-,27+,28-,30+,32+,33-,35+,37-,43-,44+,45+/m0/s1. The number of nitrogens with one attached hydrogen (secondary N) is 2. The normalized spacial score (nSPS) is 41.6. The molecule has 5 N–H and O–H groups in total. The highest BCUT2D eigenvalue weighted by molar-refractivity contribution is 6.33. The third-order valence-electron chi connectivity index (χ3n) is 14.4. The van der Waals surface area contributed by atoms with E-state index in [0.29, 0.717) is 32.1 Å². The van der Waals surface area contributed by atoms with Gasteiger partial charge in [-0.1, -0.05) is 74.4 Å². The Morgan fingerprint density at radius 2 is 1.88 bits per heavy atom. The Morgan fingerprint density at radius 3 is 2.53 bits per heavy atom. The Morgan fingerprint density at radius 1 is 1.12 bits per heavy atom. The van der Waals surface area contributed by atoms with Crippen molar-refractivity contribution in [3.8, 4) is 0 Å². The summed E-state index contributed by atoms with van der Waals surface area (Å²) in [4.78, 5) is 57.7. The molecular weight excluding hydrogens is 764 g/mol. The second kappa shape index (κ2) is 15.9. The van der Waals surface area contributed by atoms with Gasteiger partial charge in [0.05, 0.1) is 34.8 Å². The fourth-order valence-corrected chi connectivity index (χ4v) is 11.5. The van der Waals surface area contributed by atoms with Crippen molar-refractivity contribution in [1.29, 1.82) is 0 Å². The average molecular weight is 821 g/mol. The minimum Gasteiger partial charge on any atom is -0.511 e. The second-order valence-electron chi connectivity index (χ2n) is 17.7. The topological polar surface area (TPSA) is 184 Å². The lowest BCUT2D eigenvalue weighted by atomic mass is 9.51. The van der Waals surface area contributed by atoms with Crippen LogP contribution in [0.2, 0.25) is 5.02 Å². The molecule has 6 aliphatic rings. The van der Waals surface area contributed by atoms with Crippen molar-refractivity contribution in [2.24, 2.45) is 40.4 Å². The number of H-pyrrole nitrogens is 1. The molecule has 1 saturated carbocycles. The second-order valence-corrected chi connectivity index (χ2v) is 18.1. The zero-order valence-corrected chi connectivity index (χ0v) is 34.9. The monoisotopic (exact) mass is 820 g/mol. The Kier molecular flexibility index (Phi) is 11.6. The Labute approximate surface area is 344 Å². The third-order valence-corrected chi connectivity index (χ3v) is 14.7. The molecule has 1 spiro atoms. The van der Waals surface area contributed by atoms with E-state index in [0.717, 1.165) is 12.0 Å². The molecule has 12 nitrogen and oxygen atoms in total. The smallest absolute Gasteiger partial charge is 0.346 e.